The first-order valence-corrected chi connectivity index (χ1v) is 8.05. The molecule has 2 unspecified atom stereocenters. The van der Waals surface area contributed by atoms with Gasteiger partial charge in [-0.05, 0) is 31.4 Å². The zero-order valence-corrected chi connectivity index (χ0v) is 14.6. The standard InChI is InChI=1S/C16H16Cl2O6/c1-7(16(21)22)24-11-6-10-5-9(3-4-23-8(2)19)15(20)12(10)14(18)13(11)17/h6-7,9H,3-5H2,1-2H3,(H,21,22). The van der Waals surface area contributed by atoms with Gasteiger partial charge in [-0.15, -0.1) is 0 Å². The smallest absolute Gasteiger partial charge is 0.344 e. The number of rotatable bonds is 6. The number of hydrogen-bond donors (Lipinski definition) is 1. The lowest BCUT2D eigenvalue weighted by molar-refractivity contribution is -0.144. The number of esters is 1. The van der Waals surface area contributed by atoms with Crippen LogP contribution >= 0.6 is 23.2 Å². The van der Waals surface area contributed by atoms with Crippen LogP contribution in [0.5, 0.6) is 5.75 Å². The molecule has 1 aliphatic rings. The first-order valence-electron chi connectivity index (χ1n) is 7.30. The van der Waals surface area contributed by atoms with E-state index in [0.717, 1.165) is 0 Å². The Kier molecular flexibility index (Phi) is 5.72. The van der Waals surface area contributed by atoms with Gasteiger partial charge in [0.25, 0.3) is 0 Å². The highest BCUT2D eigenvalue weighted by atomic mass is 35.5. The molecule has 1 aliphatic carbocycles. The lowest BCUT2D eigenvalue weighted by atomic mass is 10.0. The summed E-state index contributed by atoms with van der Waals surface area (Å²) in [7, 11) is 0. The van der Waals surface area contributed by atoms with Crippen LogP contribution in [0, 0.1) is 5.92 Å². The number of ether oxygens (including phenoxy) is 2. The van der Waals surface area contributed by atoms with Gasteiger partial charge in [0.05, 0.1) is 11.6 Å². The van der Waals surface area contributed by atoms with Crippen molar-refractivity contribution in [2.75, 3.05) is 6.61 Å². The van der Waals surface area contributed by atoms with Crippen LogP contribution in [-0.2, 0) is 20.7 Å². The zero-order chi connectivity index (χ0) is 18.0. The molecule has 2 rings (SSSR count). The van der Waals surface area contributed by atoms with Crippen LogP contribution in [0.25, 0.3) is 0 Å². The Hall–Kier alpha value is -1.79. The third kappa shape index (κ3) is 3.82. The molecule has 0 saturated carbocycles. The summed E-state index contributed by atoms with van der Waals surface area (Å²) in [6, 6.07) is 1.55. The second-order valence-corrected chi connectivity index (χ2v) is 6.29. The van der Waals surface area contributed by atoms with E-state index >= 15 is 0 Å². The molecule has 24 heavy (non-hydrogen) atoms. The highest BCUT2D eigenvalue weighted by Crippen LogP contribution is 2.43. The molecule has 0 heterocycles. The van der Waals surface area contributed by atoms with Gasteiger partial charge in [-0.1, -0.05) is 23.2 Å². The minimum Gasteiger partial charge on any atom is -0.479 e. The van der Waals surface area contributed by atoms with Crippen LogP contribution < -0.4 is 4.74 Å². The molecule has 1 aromatic rings. The van der Waals surface area contributed by atoms with Crippen LogP contribution in [-0.4, -0.2) is 35.5 Å². The predicted molar refractivity (Wildman–Crippen MR) is 87.0 cm³/mol. The maximum absolute atomic E-state index is 12.5. The number of halogens is 2. The first-order chi connectivity index (χ1) is 11.2. The lowest BCUT2D eigenvalue weighted by Crippen LogP contribution is -2.23. The number of fused-ring (bicyclic) bond motifs is 1. The van der Waals surface area contributed by atoms with Gasteiger partial charge in [0.1, 0.15) is 10.8 Å². The van der Waals surface area contributed by atoms with Crippen molar-refractivity contribution in [3.05, 3.63) is 27.2 Å². The van der Waals surface area contributed by atoms with Crippen LogP contribution in [0.3, 0.4) is 0 Å². The van der Waals surface area contributed by atoms with Crippen molar-refractivity contribution in [1.29, 1.82) is 0 Å². The van der Waals surface area contributed by atoms with Crippen molar-refractivity contribution < 1.29 is 29.0 Å². The van der Waals surface area contributed by atoms with E-state index in [1.54, 1.807) is 6.07 Å². The Morgan fingerprint density at radius 2 is 2.04 bits per heavy atom. The topological polar surface area (TPSA) is 89.9 Å². The fourth-order valence-electron chi connectivity index (χ4n) is 2.55. The number of carbonyl (C=O) groups excluding carboxylic acids is 2. The molecule has 0 saturated heterocycles. The van der Waals surface area contributed by atoms with Gasteiger partial charge in [-0.3, -0.25) is 9.59 Å². The maximum atomic E-state index is 12.5. The number of carbonyl (C=O) groups is 3. The number of benzene rings is 1. The summed E-state index contributed by atoms with van der Waals surface area (Å²) >= 11 is 12.3. The van der Waals surface area contributed by atoms with E-state index < -0.39 is 18.0 Å². The lowest BCUT2D eigenvalue weighted by Gasteiger charge is -2.14. The second kappa shape index (κ2) is 7.40. The summed E-state index contributed by atoms with van der Waals surface area (Å²) in [6.45, 7) is 2.81. The Balaban J connectivity index is 2.23. The van der Waals surface area contributed by atoms with Crippen molar-refractivity contribution >= 4 is 40.9 Å². The Morgan fingerprint density at radius 3 is 2.62 bits per heavy atom. The summed E-state index contributed by atoms with van der Waals surface area (Å²) in [5.74, 6) is -1.94. The van der Waals surface area contributed by atoms with Crippen molar-refractivity contribution in [2.24, 2.45) is 5.92 Å². The van der Waals surface area contributed by atoms with Crippen molar-refractivity contribution in [1.82, 2.24) is 0 Å². The predicted octanol–water partition coefficient (Wildman–Crippen LogP) is 3.15. The number of hydrogen-bond acceptors (Lipinski definition) is 5. The van der Waals surface area contributed by atoms with Gasteiger partial charge in [0, 0.05) is 18.4 Å². The molecular weight excluding hydrogens is 359 g/mol. The monoisotopic (exact) mass is 374 g/mol. The number of carboxylic acid groups (broad SMARTS) is 1. The van der Waals surface area contributed by atoms with E-state index in [9.17, 15) is 14.4 Å². The molecule has 0 aliphatic heterocycles. The molecule has 8 heteroatoms. The minimum absolute atomic E-state index is 0.0116. The summed E-state index contributed by atoms with van der Waals surface area (Å²) in [5.41, 5.74) is 0.972. The van der Waals surface area contributed by atoms with Crippen LogP contribution in [0.4, 0.5) is 0 Å². The fraction of sp³-hybridized carbons (Fsp3) is 0.438. The molecular formula is C16H16Cl2O6. The van der Waals surface area contributed by atoms with Crippen molar-refractivity contribution in [3.8, 4) is 5.75 Å². The van der Waals surface area contributed by atoms with Crippen LogP contribution in [0.2, 0.25) is 10.0 Å². The SMILES string of the molecule is CC(=O)OCCC1Cc2cc(OC(C)C(=O)O)c(Cl)c(Cl)c2C1=O. The third-order valence-corrected chi connectivity index (χ3v) is 4.61. The molecule has 6 nitrogen and oxygen atoms in total. The Bertz CT molecular complexity index is 700. The molecule has 0 fully saturated rings. The van der Waals surface area contributed by atoms with E-state index in [-0.39, 0.29) is 34.1 Å². The molecule has 2 atom stereocenters. The summed E-state index contributed by atoms with van der Waals surface area (Å²) in [4.78, 5) is 34.2. The van der Waals surface area contributed by atoms with E-state index in [4.69, 9.17) is 37.8 Å². The van der Waals surface area contributed by atoms with E-state index in [2.05, 4.69) is 0 Å². The average molecular weight is 375 g/mol. The second-order valence-electron chi connectivity index (χ2n) is 5.53. The van der Waals surface area contributed by atoms with Gasteiger partial charge in [0.2, 0.25) is 0 Å². The molecule has 0 spiro atoms. The van der Waals surface area contributed by atoms with Crippen LogP contribution in [0.1, 0.15) is 36.2 Å². The molecule has 1 N–H and O–H groups in total. The molecule has 0 amide bonds. The number of carboxylic acids is 1. The minimum atomic E-state index is -1.14. The van der Waals surface area contributed by atoms with Gasteiger partial charge in [-0.2, -0.15) is 0 Å². The van der Waals surface area contributed by atoms with E-state index in [0.29, 0.717) is 24.0 Å². The quantitative estimate of drug-likeness (QED) is 0.769. The summed E-state index contributed by atoms with van der Waals surface area (Å²) < 4.78 is 10.2. The largest absolute Gasteiger partial charge is 0.479 e. The normalized spacial score (nSPS) is 17.3. The van der Waals surface area contributed by atoms with Gasteiger partial charge in [-0.25, -0.2) is 4.79 Å². The van der Waals surface area contributed by atoms with Gasteiger partial charge < -0.3 is 14.6 Å². The zero-order valence-electron chi connectivity index (χ0n) is 13.1. The number of ketones is 1. The van der Waals surface area contributed by atoms with Gasteiger partial charge >= 0.3 is 11.9 Å². The summed E-state index contributed by atoms with van der Waals surface area (Å²) in [5, 5.41) is 9.00. The van der Waals surface area contributed by atoms with Crippen LogP contribution in [0.15, 0.2) is 6.07 Å². The highest BCUT2D eigenvalue weighted by Gasteiger charge is 2.35. The first kappa shape index (κ1) is 18.5. The van der Waals surface area contributed by atoms with Crippen molar-refractivity contribution in [3.63, 3.8) is 0 Å². The fourth-order valence-corrected chi connectivity index (χ4v) is 3.05. The molecule has 130 valence electrons. The molecule has 1 aromatic carbocycles. The Morgan fingerprint density at radius 1 is 1.38 bits per heavy atom. The maximum Gasteiger partial charge on any atom is 0.344 e. The molecule has 0 bridgehead atoms. The van der Waals surface area contributed by atoms with Gasteiger partial charge in [0.15, 0.2) is 11.9 Å². The molecule has 0 aromatic heterocycles. The highest BCUT2D eigenvalue weighted by molar-refractivity contribution is 6.45. The Labute approximate surface area is 148 Å². The summed E-state index contributed by atoms with van der Waals surface area (Å²) in [6.07, 6.45) is -0.319. The number of Topliss-reactive ketones (excluding diaryl/α,β-unsaturated/α-hetero) is 1. The van der Waals surface area contributed by atoms with Crippen molar-refractivity contribution in [2.45, 2.75) is 32.8 Å². The molecule has 0 radical (unpaired) electrons. The van der Waals surface area contributed by atoms with E-state index in [1.807, 2.05) is 0 Å². The third-order valence-electron chi connectivity index (χ3n) is 3.76. The average Bonchev–Trinajstić information content (AvgIpc) is 2.80. The number of aliphatic carboxylic acids is 1. The van der Waals surface area contributed by atoms with E-state index in [1.165, 1.54) is 13.8 Å².